The largest absolute Gasteiger partial charge is 0.466 e. The minimum absolute atomic E-state index is 0.0732. The zero-order valence-electron chi connectivity index (χ0n) is 14.5. The van der Waals surface area contributed by atoms with Crippen molar-refractivity contribution in [2.75, 3.05) is 0 Å². The van der Waals surface area contributed by atoms with Gasteiger partial charge in [-0.3, -0.25) is 9.59 Å². The summed E-state index contributed by atoms with van der Waals surface area (Å²) < 4.78 is 10.6. The third-order valence-electron chi connectivity index (χ3n) is 3.53. The molecule has 0 spiro atoms. The van der Waals surface area contributed by atoms with Crippen molar-refractivity contribution in [2.24, 2.45) is 0 Å². The molecule has 0 saturated heterocycles. The zero-order valence-corrected chi connectivity index (χ0v) is 14.5. The lowest BCUT2D eigenvalue weighted by atomic mass is 10.0. The highest BCUT2D eigenvalue weighted by Gasteiger charge is 2.22. The molecule has 128 valence electrons. The molecule has 0 aliphatic heterocycles. The van der Waals surface area contributed by atoms with Crippen molar-refractivity contribution in [2.45, 2.75) is 46.3 Å². The Morgan fingerprint density at radius 3 is 2.38 bits per heavy atom. The Labute approximate surface area is 142 Å². The molecule has 2 aromatic rings. The standard InChI is InChI=1S/C19H23NO4/c1-12(2)23-18(21)11-17(15-8-6-5-7-9-15)20-19(22)16-10-13(3)24-14(16)4/h5-10,12,17H,11H2,1-4H3,(H,20,22). The summed E-state index contributed by atoms with van der Waals surface area (Å²) in [5, 5.41) is 2.91. The second-order valence-corrected chi connectivity index (χ2v) is 6.01. The van der Waals surface area contributed by atoms with Crippen LogP contribution in [-0.2, 0) is 9.53 Å². The molecule has 0 aliphatic carbocycles. The summed E-state index contributed by atoms with van der Waals surface area (Å²) in [6.07, 6.45) is -0.118. The fraction of sp³-hybridized carbons (Fsp3) is 0.368. The summed E-state index contributed by atoms with van der Waals surface area (Å²) in [5.74, 6) is 0.615. The predicted molar refractivity (Wildman–Crippen MR) is 90.7 cm³/mol. The van der Waals surface area contributed by atoms with Crippen molar-refractivity contribution in [3.8, 4) is 0 Å². The van der Waals surface area contributed by atoms with Gasteiger partial charge in [0.1, 0.15) is 11.5 Å². The third kappa shape index (κ3) is 4.72. The van der Waals surface area contributed by atoms with Gasteiger partial charge in [-0.2, -0.15) is 0 Å². The number of esters is 1. The van der Waals surface area contributed by atoms with E-state index in [9.17, 15) is 9.59 Å². The molecular formula is C19H23NO4. The van der Waals surface area contributed by atoms with Gasteiger partial charge < -0.3 is 14.5 Å². The molecule has 1 aromatic carbocycles. The van der Waals surface area contributed by atoms with Crippen molar-refractivity contribution in [1.82, 2.24) is 5.32 Å². The van der Waals surface area contributed by atoms with Gasteiger partial charge in [0.15, 0.2) is 0 Å². The monoisotopic (exact) mass is 329 g/mol. The summed E-state index contributed by atoms with van der Waals surface area (Å²) in [4.78, 5) is 24.6. The van der Waals surface area contributed by atoms with E-state index >= 15 is 0 Å². The lowest BCUT2D eigenvalue weighted by Crippen LogP contribution is -2.31. The van der Waals surface area contributed by atoms with Gasteiger partial charge >= 0.3 is 5.97 Å². The maximum atomic E-state index is 12.5. The molecule has 0 bridgehead atoms. The number of amides is 1. The zero-order chi connectivity index (χ0) is 17.7. The maximum Gasteiger partial charge on any atom is 0.308 e. The summed E-state index contributed by atoms with van der Waals surface area (Å²) in [6.45, 7) is 7.13. The molecule has 1 amide bonds. The SMILES string of the molecule is Cc1cc(C(=O)NC(CC(=O)OC(C)C)c2ccccc2)c(C)o1. The first kappa shape index (κ1) is 17.8. The Hall–Kier alpha value is -2.56. The van der Waals surface area contributed by atoms with Gasteiger partial charge in [0, 0.05) is 0 Å². The summed E-state index contributed by atoms with van der Waals surface area (Å²) in [7, 11) is 0. The summed E-state index contributed by atoms with van der Waals surface area (Å²) in [6, 6.07) is 10.6. The van der Waals surface area contributed by atoms with Crippen LogP contribution in [0.25, 0.3) is 0 Å². The molecule has 5 heteroatoms. The Kier molecular flexibility index (Phi) is 5.79. The van der Waals surface area contributed by atoms with Crippen LogP contribution in [0, 0.1) is 13.8 Å². The van der Waals surface area contributed by atoms with E-state index in [0.717, 1.165) is 5.56 Å². The van der Waals surface area contributed by atoms with Gasteiger partial charge in [0.2, 0.25) is 0 Å². The van der Waals surface area contributed by atoms with E-state index in [1.165, 1.54) is 0 Å². The number of rotatable bonds is 6. The quantitative estimate of drug-likeness (QED) is 0.820. The Balaban J connectivity index is 2.18. The van der Waals surface area contributed by atoms with E-state index in [4.69, 9.17) is 9.15 Å². The van der Waals surface area contributed by atoms with E-state index in [1.807, 2.05) is 30.3 Å². The smallest absolute Gasteiger partial charge is 0.308 e. The van der Waals surface area contributed by atoms with Crippen molar-refractivity contribution in [3.63, 3.8) is 0 Å². The van der Waals surface area contributed by atoms with Crippen LogP contribution in [0.15, 0.2) is 40.8 Å². The van der Waals surface area contributed by atoms with Gasteiger partial charge in [-0.05, 0) is 39.3 Å². The molecule has 0 aliphatic rings. The maximum absolute atomic E-state index is 12.5. The fourth-order valence-corrected chi connectivity index (χ4v) is 2.51. The van der Waals surface area contributed by atoms with E-state index in [2.05, 4.69) is 5.32 Å². The molecule has 5 nitrogen and oxygen atoms in total. The number of carbonyl (C=O) groups excluding carboxylic acids is 2. The molecule has 1 heterocycles. The second-order valence-electron chi connectivity index (χ2n) is 6.01. The first-order valence-electron chi connectivity index (χ1n) is 7.99. The summed E-state index contributed by atoms with van der Waals surface area (Å²) >= 11 is 0. The normalized spacial score (nSPS) is 12.0. The van der Waals surface area contributed by atoms with Gasteiger partial charge in [0.25, 0.3) is 5.91 Å². The van der Waals surface area contributed by atoms with E-state index in [1.54, 1.807) is 33.8 Å². The molecule has 1 aromatic heterocycles. The fourth-order valence-electron chi connectivity index (χ4n) is 2.51. The number of carbonyl (C=O) groups is 2. The minimum Gasteiger partial charge on any atom is -0.466 e. The topological polar surface area (TPSA) is 68.5 Å². The van der Waals surface area contributed by atoms with Crippen molar-refractivity contribution < 1.29 is 18.7 Å². The van der Waals surface area contributed by atoms with Crippen LogP contribution in [0.2, 0.25) is 0 Å². The lowest BCUT2D eigenvalue weighted by molar-refractivity contribution is -0.147. The van der Waals surface area contributed by atoms with Gasteiger partial charge in [-0.15, -0.1) is 0 Å². The Morgan fingerprint density at radius 2 is 1.83 bits per heavy atom. The number of hydrogen-bond acceptors (Lipinski definition) is 4. The average molecular weight is 329 g/mol. The highest BCUT2D eigenvalue weighted by atomic mass is 16.5. The third-order valence-corrected chi connectivity index (χ3v) is 3.53. The second kappa shape index (κ2) is 7.81. The highest BCUT2D eigenvalue weighted by Crippen LogP contribution is 2.20. The van der Waals surface area contributed by atoms with Gasteiger partial charge in [-0.1, -0.05) is 30.3 Å². The van der Waals surface area contributed by atoms with Crippen molar-refractivity contribution >= 4 is 11.9 Å². The van der Waals surface area contributed by atoms with Crippen LogP contribution < -0.4 is 5.32 Å². The van der Waals surface area contributed by atoms with Crippen LogP contribution in [0.3, 0.4) is 0 Å². The van der Waals surface area contributed by atoms with Crippen LogP contribution in [0.5, 0.6) is 0 Å². The predicted octanol–water partition coefficient (Wildman–Crippen LogP) is 3.71. The number of furan rings is 1. The first-order chi connectivity index (χ1) is 11.4. The number of benzene rings is 1. The molecule has 1 unspecified atom stereocenters. The highest BCUT2D eigenvalue weighted by molar-refractivity contribution is 5.95. The van der Waals surface area contributed by atoms with E-state index in [-0.39, 0.29) is 24.4 Å². The molecule has 0 fully saturated rings. The number of aryl methyl sites for hydroxylation is 2. The molecule has 2 rings (SSSR count). The van der Waals surface area contributed by atoms with Crippen LogP contribution >= 0.6 is 0 Å². The number of nitrogens with one attached hydrogen (secondary N) is 1. The molecule has 1 atom stereocenters. The summed E-state index contributed by atoms with van der Waals surface area (Å²) in [5.41, 5.74) is 1.33. The molecule has 0 saturated carbocycles. The van der Waals surface area contributed by atoms with Crippen LogP contribution in [-0.4, -0.2) is 18.0 Å². The number of ether oxygens (including phenoxy) is 1. The molecular weight excluding hydrogens is 306 g/mol. The van der Waals surface area contributed by atoms with E-state index in [0.29, 0.717) is 17.1 Å². The molecule has 24 heavy (non-hydrogen) atoms. The first-order valence-corrected chi connectivity index (χ1v) is 7.99. The van der Waals surface area contributed by atoms with Crippen molar-refractivity contribution in [3.05, 3.63) is 59.0 Å². The molecule has 1 N–H and O–H groups in total. The Bertz CT molecular complexity index is 703. The van der Waals surface area contributed by atoms with Gasteiger partial charge in [0.05, 0.1) is 24.1 Å². The average Bonchev–Trinajstić information content (AvgIpc) is 2.85. The van der Waals surface area contributed by atoms with Gasteiger partial charge in [-0.25, -0.2) is 0 Å². The van der Waals surface area contributed by atoms with E-state index < -0.39 is 6.04 Å². The minimum atomic E-state index is -0.459. The number of hydrogen-bond donors (Lipinski definition) is 1. The van der Waals surface area contributed by atoms with Crippen LogP contribution in [0.1, 0.15) is 53.8 Å². The van der Waals surface area contributed by atoms with Crippen molar-refractivity contribution in [1.29, 1.82) is 0 Å². The molecule has 0 radical (unpaired) electrons. The van der Waals surface area contributed by atoms with Crippen LogP contribution in [0.4, 0.5) is 0 Å². The Morgan fingerprint density at radius 1 is 1.17 bits per heavy atom. The lowest BCUT2D eigenvalue weighted by Gasteiger charge is -2.19.